The number of carbonyl (C=O) groups is 1. The van der Waals surface area contributed by atoms with Gasteiger partial charge in [0.05, 0.1) is 0 Å². The van der Waals surface area contributed by atoms with E-state index >= 15 is 0 Å². The summed E-state index contributed by atoms with van der Waals surface area (Å²) in [4.78, 5) is 16.0. The number of nitrogens with zero attached hydrogens (tertiary/aromatic N) is 1. The number of hydrogen-bond donors (Lipinski definition) is 0. The first-order valence-electron chi connectivity index (χ1n) is 6.83. The zero-order chi connectivity index (χ0) is 15.3. The molecule has 0 amide bonds. The molecular formula is C13H29NO3Si2. The zero-order valence-corrected chi connectivity index (χ0v) is 15.7. The summed E-state index contributed by atoms with van der Waals surface area (Å²) in [6.45, 7) is 16.6. The third-order valence-electron chi connectivity index (χ3n) is 1.81. The standard InChI is InChI=1S/C13H29NO3Si2/c1-11(2)9-12(16-18(3,4)5)14-10-13(15)17-19(6,7)8/h11H,9-10H2,1-8H3. The third-order valence-corrected chi connectivity index (χ3v) is 3.50. The first-order valence-corrected chi connectivity index (χ1v) is 13.6. The van der Waals surface area contributed by atoms with Gasteiger partial charge in [0.2, 0.25) is 16.6 Å². The lowest BCUT2D eigenvalue weighted by Crippen LogP contribution is -2.32. The molecule has 112 valence electrons. The van der Waals surface area contributed by atoms with Gasteiger partial charge in [-0.3, -0.25) is 4.79 Å². The highest BCUT2D eigenvalue weighted by molar-refractivity contribution is 6.71. The molecule has 0 spiro atoms. The van der Waals surface area contributed by atoms with Gasteiger partial charge in [-0.25, -0.2) is 4.99 Å². The largest absolute Gasteiger partial charge is 0.535 e. The van der Waals surface area contributed by atoms with Crippen molar-refractivity contribution in [3.05, 3.63) is 0 Å². The number of carbonyl (C=O) groups excluding carboxylic acids is 1. The van der Waals surface area contributed by atoms with E-state index in [2.05, 4.69) is 38.5 Å². The predicted molar refractivity (Wildman–Crippen MR) is 85.6 cm³/mol. The fourth-order valence-corrected chi connectivity index (χ4v) is 2.97. The Balaban J connectivity index is 4.60. The molecule has 0 saturated heterocycles. The Kier molecular flexibility index (Phi) is 7.00. The molecule has 0 heterocycles. The van der Waals surface area contributed by atoms with Crippen LogP contribution in [0.3, 0.4) is 0 Å². The van der Waals surface area contributed by atoms with Crippen LogP contribution in [-0.4, -0.2) is 35.0 Å². The minimum Gasteiger partial charge on any atom is -0.535 e. The molecule has 0 aromatic heterocycles. The lowest BCUT2D eigenvalue weighted by Gasteiger charge is -2.22. The van der Waals surface area contributed by atoms with Gasteiger partial charge in [0.25, 0.3) is 0 Å². The molecule has 4 nitrogen and oxygen atoms in total. The smallest absolute Gasteiger partial charge is 0.314 e. The maximum Gasteiger partial charge on any atom is 0.314 e. The van der Waals surface area contributed by atoms with E-state index in [9.17, 15) is 4.79 Å². The Bertz CT molecular complexity index is 328. The zero-order valence-electron chi connectivity index (χ0n) is 13.7. The van der Waals surface area contributed by atoms with E-state index in [1.54, 1.807) is 0 Å². The average Bonchev–Trinajstić information content (AvgIpc) is 2.07. The molecule has 0 saturated carbocycles. The summed E-state index contributed by atoms with van der Waals surface area (Å²) in [5.41, 5.74) is 0. The molecule has 0 bridgehead atoms. The van der Waals surface area contributed by atoms with E-state index in [0.29, 0.717) is 11.8 Å². The summed E-state index contributed by atoms with van der Waals surface area (Å²) in [6, 6.07) is 0. The Morgan fingerprint density at radius 3 is 1.84 bits per heavy atom. The van der Waals surface area contributed by atoms with Crippen LogP contribution in [0.1, 0.15) is 20.3 Å². The molecule has 0 rings (SSSR count). The Hall–Kier alpha value is -0.626. The normalized spacial score (nSPS) is 13.6. The van der Waals surface area contributed by atoms with Crippen LogP contribution in [0.2, 0.25) is 39.3 Å². The highest BCUT2D eigenvalue weighted by atomic mass is 28.4. The molecule has 0 fully saturated rings. The van der Waals surface area contributed by atoms with Crippen LogP contribution in [-0.2, 0) is 13.6 Å². The maximum atomic E-state index is 11.7. The molecule has 0 unspecified atom stereocenters. The molecule has 0 aliphatic heterocycles. The summed E-state index contributed by atoms with van der Waals surface area (Å²) in [7, 11) is -3.50. The molecule has 0 aliphatic rings. The van der Waals surface area contributed by atoms with Crippen molar-refractivity contribution < 1.29 is 13.6 Å². The first-order chi connectivity index (χ1) is 8.39. The monoisotopic (exact) mass is 303 g/mol. The lowest BCUT2D eigenvalue weighted by atomic mass is 10.1. The van der Waals surface area contributed by atoms with Crippen LogP contribution in [0.15, 0.2) is 4.99 Å². The lowest BCUT2D eigenvalue weighted by molar-refractivity contribution is -0.133. The quantitative estimate of drug-likeness (QED) is 0.427. The highest BCUT2D eigenvalue weighted by Gasteiger charge is 2.21. The van der Waals surface area contributed by atoms with E-state index in [-0.39, 0.29) is 12.5 Å². The van der Waals surface area contributed by atoms with Crippen molar-refractivity contribution in [3.8, 4) is 0 Å². The summed E-state index contributed by atoms with van der Waals surface area (Å²) in [5.74, 6) is 0.907. The summed E-state index contributed by atoms with van der Waals surface area (Å²) in [5, 5.41) is 0. The SMILES string of the molecule is CC(C)CC(=NCC(=O)O[Si](C)(C)C)O[Si](C)(C)C. The van der Waals surface area contributed by atoms with E-state index in [1.165, 1.54) is 0 Å². The van der Waals surface area contributed by atoms with Gasteiger partial charge >= 0.3 is 5.97 Å². The van der Waals surface area contributed by atoms with Gasteiger partial charge in [-0.1, -0.05) is 13.8 Å². The molecule has 0 aliphatic carbocycles. The second-order valence-corrected chi connectivity index (χ2v) is 16.0. The van der Waals surface area contributed by atoms with Crippen molar-refractivity contribution >= 4 is 28.5 Å². The molecule has 0 aromatic carbocycles. The minimum atomic E-state index is -1.82. The third kappa shape index (κ3) is 12.2. The van der Waals surface area contributed by atoms with Crippen molar-refractivity contribution in [2.75, 3.05) is 6.54 Å². The van der Waals surface area contributed by atoms with Gasteiger partial charge < -0.3 is 8.85 Å². The Morgan fingerprint density at radius 1 is 1.00 bits per heavy atom. The topological polar surface area (TPSA) is 47.9 Å². The first kappa shape index (κ1) is 18.4. The number of hydrogen-bond acceptors (Lipinski definition) is 4. The number of aliphatic imine (C=N–C) groups is 1. The van der Waals surface area contributed by atoms with Crippen LogP contribution < -0.4 is 0 Å². The van der Waals surface area contributed by atoms with Crippen LogP contribution in [0.4, 0.5) is 0 Å². The molecular weight excluding hydrogens is 274 g/mol. The van der Waals surface area contributed by atoms with Gasteiger partial charge in [-0.15, -0.1) is 0 Å². The van der Waals surface area contributed by atoms with Gasteiger partial charge in [-0.2, -0.15) is 0 Å². The van der Waals surface area contributed by atoms with Crippen molar-refractivity contribution in [1.29, 1.82) is 0 Å². The molecule has 0 radical (unpaired) electrons. The van der Waals surface area contributed by atoms with Gasteiger partial charge in [0, 0.05) is 6.42 Å². The fraction of sp³-hybridized carbons (Fsp3) is 0.846. The molecule has 6 heteroatoms. The fourth-order valence-electron chi connectivity index (χ4n) is 1.37. The van der Waals surface area contributed by atoms with Crippen molar-refractivity contribution in [1.82, 2.24) is 0 Å². The Morgan fingerprint density at radius 2 is 1.47 bits per heavy atom. The van der Waals surface area contributed by atoms with E-state index in [1.807, 2.05) is 19.6 Å². The summed E-state index contributed by atoms with van der Waals surface area (Å²) in [6.07, 6.45) is 0.768. The predicted octanol–water partition coefficient (Wildman–Crippen LogP) is 3.66. The average molecular weight is 304 g/mol. The summed E-state index contributed by atoms with van der Waals surface area (Å²) >= 11 is 0. The molecule has 0 N–H and O–H groups in total. The van der Waals surface area contributed by atoms with Crippen LogP contribution in [0.5, 0.6) is 0 Å². The highest BCUT2D eigenvalue weighted by Crippen LogP contribution is 2.11. The van der Waals surface area contributed by atoms with Gasteiger partial charge in [0.1, 0.15) is 6.54 Å². The van der Waals surface area contributed by atoms with E-state index < -0.39 is 16.6 Å². The van der Waals surface area contributed by atoms with E-state index in [0.717, 1.165) is 6.42 Å². The second kappa shape index (κ2) is 7.23. The van der Waals surface area contributed by atoms with Crippen molar-refractivity contribution in [2.24, 2.45) is 10.9 Å². The molecule has 0 aromatic rings. The van der Waals surface area contributed by atoms with Crippen LogP contribution in [0.25, 0.3) is 0 Å². The van der Waals surface area contributed by atoms with Gasteiger partial charge in [-0.05, 0) is 45.2 Å². The van der Waals surface area contributed by atoms with Crippen molar-refractivity contribution in [3.63, 3.8) is 0 Å². The molecule has 0 atom stereocenters. The second-order valence-electron chi connectivity index (χ2n) is 7.11. The number of rotatable bonds is 6. The summed E-state index contributed by atoms with van der Waals surface area (Å²) < 4.78 is 11.3. The maximum absolute atomic E-state index is 11.7. The molecule has 19 heavy (non-hydrogen) atoms. The van der Waals surface area contributed by atoms with Crippen molar-refractivity contribution in [2.45, 2.75) is 59.6 Å². The van der Waals surface area contributed by atoms with E-state index in [4.69, 9.17) is 8.85 Å². The van der Waals surface area contributed by atoms with Crippen LogP contribution in [0, 0.1) is 5.92 Å². The van der Waals surface area contributed by atoms with Gasteiger partial charge in [0.15, 0.2) is 5.90 Å². The Labute approximate surface area is 119 Å². The van der Waals surface area contributed by atoms with Crippen LogP contribution >= 0.6 is 0 Å². The minimum absolute atomic E-state index is 0.0663.